The first-order valence-corrected chi connectivity index (χ1v) is 19.1. The maximum absolute atomic E-state index is 8.51. The summed E-state index contributed by atoms with van der Waals surface area (Å²) in [7, 11) is 0. The van der Waals surface area contributed by atoms with Crippen molar-refractivity contribution in [2.75, 3.05) is 4.90 Å². The largest absolute Gasteiger partial charge is 0.311 e. The second kappa shape index (κ2) is 14.4. The fraction of sp³-hybridized carbons (Fsp3) is 0. The maximum Gasteiger partial charge on any atom is 0.0623 e. The molecule has 264 valence electrons. The Balaban J connectivity index is 1.02. The van der Waals surface area contributed by atoms with E-state index < -0.39 is 0 Å². The van der Waals surface area contributed by atoms with Crippen molar-refractivity contribution >= 4 is 38.9 Å². The molecule has 10 aromatic rings. The molecule has 0 saturated carbocycles. The summed E-state index contributed by atoms with van der Waals surface area (Å²) in [6, 6.07) is 80.0. The topological polar surface area (TPSA) is 8.17 Å². The van der Waals surface area contributed by atoms with Gasteiger partial charge in [-0.15, -0.1) is 0 Å². The van der Waals surface area contributed by atoms with Crippen LogP contribution in [0.3, 0.4) is 0 Å². The third-order valence-corrected chi connectivity index (χ3v) is 10.8. The van der Waals surface area contributed by atoms with Crippen LogP contribution < -0.4 is 4.90 Å². The van der Waals surface area contributed by atoms with Crippen LogP contribution in [0.4, 0.5) is 17.1 Å². The van der Waals surface area contributed by atoms with Crippen molar-refractivity contribution < 1.29 is 1.37 Å². The summed E-state index contributed by atoms with van der Waals surface area (Å²) in [4.78, 5) is 2.32. The number of nitrogens with zero attached hydrogens (tertiary/aromatic N) is 2. The van der Waals surface area contributed by atoms with E-state index in [-0.39, 0.29) is 0 Å². The summed E-state index contributed by atoms with van der Waals surface area (Å²) in [5.74, 6) is 0. The van der Waals surface area contributed by atoms with Crippen LogP contribution in [0, 0.1) is 0 Å². The van der Waals surface area contributed by atoms with E-state index in [9.17, 15) is 0 Å². The highest BCUT2D eigenvalue weighted by molar-refractivity contribution is 6.10. The first kappa shape index (κ1) is 32.0. The summed E-state index contributed by atoms with van der Waals surface area (Å²) >= 11 is 0. The summed E-state index contributed by atoms with van der Waals surface area (Å²) in [6.07, 6.45) is 0. The van der Waals surface area contributed by atoms with E-state index in [0.29, 0.717) is 6.04 Å². The zero-order valence-corrected chi connectivity index (χ0v) is 30.8. The molecule has 0 spiro atoms. The van der Waals surface area contributed by atoms with E-state index >= 15 is 0 Å². The minimum atomic E-state index is 0.504. The van der Waals surface area contributed by atoms with Crippen LogP contribution in [0.1, 0.15) is 1.37 Å². The average Bonchev–Trinajstić information content (AvgIpc) is 3.61. The lowest BCUT2D eigenvalue weighted by Crippen LogP contribution is -2.09. The lowest BCUT2D eigenvalue weighted by Gasteiger charge is -2.26. The molecular weight excluding hydrogens is 677 g/mol. The van der Waals surface area contributed by atoms with E-state index in [1.807, 2.05) is 18.2 Å². The van der Waals surface area contributed by atoms with Gasteiger partial charge in [-0.2, -0.15) is 0 Å². The second-order valence-corrected chi connectivity index (χ2v) is 14.1. The van der Waals surface area contributed by atoms with Gasteiger partial charge in [-0.05, 0) is 111 Å². The molecule has 56 heavy (non-hydrogen) atoms. The van der Waals surface area contributed by atoms with Crippen molar-refractivity contribution in [2.24, 2.45) is 0 Å². The molecule has 2 nitrogen and oxygen atoms in total. The fourth-order valence-electron chi connectivity index (χ4n) is 7.92. The van der Waals surface area contributed by atoms with E-state index in [1.165, 1.54) is 33.4 Å². The number of hydrogen-bond acceptors (Lipinski definition) is 1. The van der Waals surface area contributed by atoms with Gasteiger partial charge in [0.2, 0.25) is 0 Å². The van der Waals surface area contributed by atoms with Crippen LogP contribution in [0.5, 0.6) is 0 Å². The van der Waals surface area contributed by atoms with E-state index in [4.69, 9.17) is 1.37 Å². The minimum absolute atomic E-state index is 0.504. The second-order valence-electron chi connectivity index (χ2n) is 14.1. The van der Waals surface area contributed by atoms with E-state index in [0.717, 1.165) is 55.7 Å². The van der Waals surface area contributed by atoms with E-state index in [2.05, 4.69) is 216 Å². The van der Waals surface area contributed by atoms with Crippen molar-refractivity contribution in [1.29, 1.82) is 0 Å². The molecule has 0 saturated heterocycles. The number of hydrogen-bond donors (Lipinski definition) is 0. The van der Waals surface area contributed by atoms with Gasteiger partial charge in [-0.1, -0.05) is 164 Å². The lowest BCUT2D eigenvalue weighted by molar-refractivity contribution is 1.18. The molecule has 9 aromatic carbocycles. The van der Waals surface area contributed by atoms with Crippen molar-refractivity contribution in [2.45, 2.75) is 0 Å². The molecule has 0 bridgehead atoms. The normalized spacial score (nSPS) is 11.5. The molecule has 0 N–H and O–H groups in total. The van der Waals surface area contributed by atoms with Gasteiger partial charge in [0, 0.05) is 33.5 Å². The predicted molar refractivity (Wildman–Crippen MR) is 237 cm³/mol. The Labute approximate surface area is 329 Å². The van der Waals surface area contributed by atoms with Crippen LogP contribution in [0.25, 0.3) is 72.0 Å². The molecule has 0 fully saturated rings. The zero-order chi connectivity index (χ0) is 38.1. The smallest absolute Gasteiger partial charge is 0.0623 e. The molecule has 2 heteroatoms. The summed E-state index contributed by atoms with van der Waals surface area (Å²) in [5, 5.41) is 2.21. The Morgan fingerprint density at radius 1 is 0.304 bits per heavy atom. The van der Waals surface area contributed by atoms with Crippen LogP contribution in [-0.4, -0.2) is 4.57 Å². The average molecular weight is 716 g/mol. The summed E-state index contributed by atoms with van der Waals surface area (Å²) in [5.41, 5.74) is 16.0. The molecule has 1 aromatic heterocycles. The molecule has 0 amide bonds. The molecular formula is C54H38N2. The van der Waals surface area contributed by atoms with Crippen molar-refractivity contribution in [3.63, 3.8) is 0 Å². The quantitative estimate of drug-likeness (QED) is 0.152. The minimum Gasteiger partial charge on any atom is -0.311 e. The monoisotopic (exact) mass is 715 g/mol. The number of aromatic nitrogens is 1. The zero-order valence-electron chi connectivity index (χ0n) is 31.8. The number of anilines is 3. The first-order valence-electron chi connectivity index (χ1n) is 19.6. The van der Waals surface area contributed by atoms with Gasteiger partial charge in [0.05, 0.1) is 12.4 Å². The van der Waals surface area contributed by atoms with Gasteiger partial charge in [-0.3, -0.25) is 0 Å². The van der Waals surface area contributed by atoms with Crippen LogP contribution >= 0.6 is 0 Å². The number of benzene rings is 9. The molecule has 0 aliphatic carbocycles. The van der Waals surface area contributed by atoms with Crippen molar-refractivity contribution in [3.8, 4) is 50.2 Å². The van der Waals surface area contributed by atoms with Crippen LogP contribution in [0.2, 0.25) is 0 Å². The van der Waals surface area contributed by atoms with Crippen molar-refractivity contribution in [1.82, 2.24) is 4.57 Å². The number of para-hydroxylation sites is 1. The summed E-state index contributed by atoms with van der Waals surface area (Å²) in [6.45, 7) is 0. The van der Waals surface area contributed by atoms with Crippen LogP contribution in [-0.2, 0) is 0 Å². The molecule has 10 rings (SSSR count). The van der Waals surface area contributed by atoms with Gasteiger partial charge in [-0.25, -0.2) is 0 Å². The molecule has 1 heterocycles. The third-order valence-electron chi connectivity index (χ3n) is 10.8. The Morgan fingerprint density at radius 2 is 0.679 bits per heavy atom. The van der Waals surface area contributed by atoms with Gasteiger partial charge < -0.3 is 9.47 Å². The Hall–Kier alpha value is -7.42. The standard InChI is InChI=1S/C54H38N2/c1-4-12-39(13-5-1)42-20-29-47(30-21-42)55(48-31-22-43(23-32-48)40-14-6-2-7-15-40)49-33-26-45(27-34-49)46-28-37-54-52(38-46)51-18-10-11-19-53(51)56(54)50-35-24-44(25-36-50)41-16-8-3-9-17-41/h1-38H/i10D. The molecule has 0 atom stereocenters. The Bertz CT molecular complexity index is 2870. The highest BCUT2D eigenvalue weighted by atomic mass is 15.1. The number of fused-ring (bicyclic) bond motifs is 3. The maximum atomic E-state index is 8.51. The van der Waals surface area contributed by atoms with Crippen LogP contribution in [0.15, 0.2) is 230 Å². The van der Waals surface area contributed by atoms with Gasteiger partial charge in [0.1, 0.15) is 0 Å². The Kier molecular flexibility index (Phi) is 8.26. The summed E-state index contributed by atoms with van der Waals surface area (Å²) < 4.78 is 10.8. The van der Waals surface area contributed by atoms with Gasteiger partial charge in [0.25, 0.3) is 0 Å². The first-order chi connectivity index (χ1) is 28.2. The Morgan fingerprint density at radius 3 is 1.14 bits per heavy atom. The molecule has 0 radical (unpaired) electrons. The fourth-order valence-corrected chi connectivity index (χ4v) is 7.92. The highest BCUT2D eigenvalue weighted by Gasteiger charge is 2.16. The molecule has 0 unspecified atom stereocenters. The van der Waals surface area contributed by atoms with E-state index in [1.54, 1.807) is 0 Å². The molecule has 0 aliphatic heterocycles. The SMILES string of the molecule is [2H]c1ccc2c(c1)c1cc(-c3ccc(N(c4ccc(-c5ccccc5)cc4)c4ccc(-c5ccccc5)cc4)cc3)ccc1n2-c1ccc(-c2ccccc2)cc1. The lowest BCUT2D eigenvalue weighted by atomic mass is 10.0. The molecule has 0 aliphatic rings. The van der Waals surface area contributed by atoms with Crippen molar-refractivity contribution in [3.05, 3.63) is 230 Å². The third kappa shape index (κ3) is 6.24. The van der Waals surface area contributed by atoms with Gasteiger partial charge in [0.15, 0.2) is 0 Å². The number of rotatable bonds is 8. The van der Waals surface area contributed by atoms with Gasteiger partial charge >= 0.3 is 0 Å². The highest BCUT2D eigenvalue weighted by Crippen LogP contribution is 2.39. The predicted octanol–water partition coefficient (Wildman–Crippen LogP) is 14.9.